The maximum atomic E-state index is 16.0. The highest BCUT2D eigenvalue weighted by Gasteiger charge is 2.60. The second-order valence-electron chi connectivity index (χ2n) is 43.2. The SMILES string of the molecule is CC(C)(C)[C@@H]1CC(=O)O[C@@H]2C[C@@H]3C[C@@H]3[C@H]2CCCCC(F)(F)c2nc3ccc(OC(F)F)cc3nc2O[C@@H]2C[C@@H](C(=O)O)N(C2)C1=O.COC(=O)[C@@H]1C[C@@H]2CN1C(=O)[C@H](C(C)(C)C)CC(=O)O[C@@H]1C[C@@H]3C[C@@H]3[C@H]1CC/C=C/C(F)(F)c1nc3ccc(OC(F)F)cc3nc1O2.COC(=O)[C@@H]1C[C@@H]2CN1C(=O)[C@H](C(C)(C)C)CC(=O)O[C@@H]1C[C@@H]3C[C@@H]3[C@H]1CCCCC(F)(F)c1nc3ccc(OC(F)F)cc3nc1O2. The van der Waals surface area contributed by atoms with E-state index >= 15 is 26.3 Å². The van der Waals surface area contributed by atoms with Gasteiger partial charge in [0.05, 0.1) is 104 Å². The summed E-state index contributed by atoms with van der Waals surface area (Å²) in [5, 5.41) is 10.1. The normalized spacial score (nSPS) is 31.0. The summed E-state index contributed by atoms with van der Waals surface area (Å²) in [4.78, 5) is 150. The van der Waals surface area contributed by atoms with Crippen LogP contribution in [0.25, 0.3) is 33.1 Å². The Morgan fingerprint density at radius 2 is 0.713 bits per heavy atom. The van der Waals surface area contributed by atoms with Crippen LogP contribution < -0.4 is 28.4 Å². The minimum Gasteiger partial charge on any atom is -0.480 e. The first-order valence-electron chi connectivity index (χ1n) is 48.9. The van der Waals surface area contributed by atoms with E-state index in [4.69, 9.17) is 37.9 Å². The number of esters is 5. The Balaban J connectivity index is 0.000000154. The first-order chi connectivity index (χ1) is 67.4. The molecular weight excluding hydrogens is 1900 g/mol. The molecule has 6 aromatic rings. The molecule has 21 atom stereocenters. The number of carboxylic acids is 1. The first kappa shape index (κ1) is 104. The minimum atomic E-state index is -3.67. The number of carboxylic acid groups (broad SMARTS) is 1. The fourth-order valence-corrected chi connectivity index (χ4v) is 22.7. The van der Waals surface area contributed by atoms with Gasteiger partial charge in [-0.2, -0.15) is 52.7 Å². The summed E-state index contributed by atoms with van der Waals surface area (Å²) in [5.41, 5.74) is -4.52. The molecule has 6 aliphatic carbocycles. The van der Waals surface area contributed by atoms with Crippen molar-refractivity contribution in [2.45, 2.75) is 296 Å². The summed E-state index contributed by atoms with van der Waals surface area (Å²) in [5.74, 6) is -19.1. The van der Waals surface area contributed by atoms with Gasteiger partial charge in [0, 0.05) is 50.3 Å². The topological polar surface area (TPSA) is 362 Å². The highest BCUT2D eigenvalue weighted by molar-refractivity contribution is 5.92. The molecule has 0 spiro atoms. The van der Waals surface area contributed by atoms with Crippen molar-refractivity contribution in [2.75, 3.05) is 33.9 Å². The summed E-state index contributed by atoms with van der Waals surface area (Å²) in [6, 6.07) is 7.11. The lowest BCUT2D eigenvalue weighted by atomic mass is 9.77. The quantitative estimate of drug-likeness (QED) is 0.0608. The number of amides is 3. The summed E-state index contributed by atoms with van der Waals surface area (Å²) < 4.78 is 233. The number of halogens is 12. The number of ether oxygens (including phenoxy) is 11. The number of hydrogen-bond donors (Lipinski definition) is 1. The Bertz CT molecular complexity index is 5830. The molecule has 6 saturated carbocycles. The van der Waals surface area contributed by atoms with E-state index in [0.29, 0.717) is 86.9 Å². The molecule has 18 rings (SSSR count). The third kappa shape index (κ3) is 23.7. The molecule has 0 unspecified atom stereocenters. The molecule has 6 bridgehead atoms. The molecule has 9 fully saturated rings. The number of rotatable bonds is 9. The van der Waals surface area contributed by atoms with Gasteiger partial charge in [-0.3, -0.25) is 28.8 Å². The van der Waals surface area contributed by atoms with Crippen LogP contribution in [0.15, 0.2) is 66.7 Å². The van der Waals surface area contributed by atoms with E-state index in [1.54, 1.807) is 20.8 Å². The molecular formula is C101H119F12N9O21. The van der Waals surface area contributed by atoms with Crippen molar-refractivity contribution in [3.8, 4) is 34.9 Å². The number of carbonyl (C=O) groups excluding carboxylic acids is 8. The average Bonchev–Trinajstić information content (AvgIpc) is 1.60. The first-order valence-corrected chi connectivity index (χ1v) is 48.9. The Hall–Kier alpha value is -11.4. The average molecular weight is 2020 g/mol. The van der Waals surface area contributed by atoms with Crippen LogP contribution in [0.4, 0.5) is 52.7 Å². The summed E-state index contributed by atoms with van der Waals surface area (Å²) in [6.45, 7) is 6.25. The zero-order valence-corrected chi connectivity index (χ0v) is 81.1. The van der Waals surface area contributed by atoms with Crippen LogP contribution in [0, 0.1) is 87.3 Å². The van der Waals surface area contributed by atoms with Crippen LogP contribution in [0.1, 0.15) is 221 Å². The molecule has 9 heterocycles. The molecule has 30 nitrogen and oxygen atoms in total. The number of aliphatic carboxylic acids is 1. The van der Waals surface area contributed by atoms with E-state index < -0.39 is 209 Å². The predicted octanol–water partition coefficient (Wildman–Crippen LogP) is 17.8. The predicted molar refractivity (Wildman–Crippen MR) is 482 cm³/mol. The number of alkyl halides is 12. The third-order valence-corrected chi connectivity index (χ3v) is 30.4. The van der Waals surface area contributed by atoms with Gasteiger partial charge in [0.2, 0.25) is 35.4 Å². The molecule has 0 radical (unpaired) electrons. The van der Waals surface area contributed by atoms with Crippen LogP contribution in [0.3, 0.4) is 0 Å². The molecule has 3 aromatic heterocycles. The molecule has 1 N–H and O–H groups in total. The van der Waals surface area contributed by atoms with Crippen LogP contribution in [-0.2, 0) is 84.6 Å². The Morgan fingerprint density at radius 1 is 0.399 bits per heavy atom. The molecule has 143 heavy (non-hydrogen) atoms. The summed E-state index contributed by atoms with van der Waals surface area (Å²) >= 11 is 0. The van der Waals surface area contributed by atoms with Gasteiger partial charge in [-0.15, -0.1) is 0 Å². The smallest absolute Gasteiger partial charge is 0.387 e. The Morgan fingerprint density at radius 3 is 1.03 bits per heavy atom. The molecule has 3 aromatic carbocycles. The minimum absolute atomic E-state index is 0.00540. The number of nitrogens with zero attached hydrogens (tertiary/aromatic N) is 9. The van der Waals surface area contributed by atoms with E-state index in [1.807, 2.05) is 41.5 Å². The van der Waals surface area contributed by atoms with Crippen LogP contribution in [0.2, 0.25) is 0 Å². The van der Waals surface area contributed by atoms with Gasteiger partial charge in [-0.25, -0.2) is 44.3 Å². The second kappa shape index (κ2) is 41.3. The highest BCUT2D eigenvalue weighted by Crippen LogP contribution is 2.61. The maximum Gasteiger partial charge on any atom is 0.387 e. The van der Waals surface area contributed by atoms with Crippen LogP contribution >= 0.6 is 0 Å². The fraction of sp³-hybridized carbons (Fsp3) is 0.653. The van der Waals surface area contributed by atoms with E-state index in [-0.39, 0.29) is 157 Å². The largest absolute Gasteiger partial charge is 0.480 e. The van der Waals surface area contributed by atoms with Gasteiger partial charge >= 0.3 is 61.6 Å². The lowest BCUT2D eigenvalue weighted by Crippen LogP contribution is -2.48. The van der Waals surface area contributed by atoms with Gasteiger partial charge in [0.25, 0.3) is 11.8 Å². The second-order valence-corrected chi connectivity index (χ2v) is 43.2. The number of fused-ring (bicyclic) bond motifs is 21. The highest BCUT2D eigenvalue weighted by atomic mass is 19.3. The van der Waals surface area contributed by atoms with Gasteiger partial charge in [-0.05, 0) is 189 Å². The lowest BCUT2D eigenvalue weighted by molar-refractivity contribution is -0.160. The molecule has 3 amide bonds. The third-order valence-electron chi connectivity index (χ3n) is 30.4. The van der Waals surface area contributed by atoms with Gasteiger partial charge in [0.15, 0.2) is 17.1 Å². The Labute approximate surface area is 816 Å². The lowest BCUT2D eigenvalue weighted by Gasteiger charge is -2.34. The fourth-order valence-electron chi connectivity index (χ4n) is 22.7. The van der Waals surface area contributed by atoms with Crippen molar-refractivity contribution in [3.63, 3.8) is 0 Å². The number of aromatic nitrogens is 6. The van der Waals surface area contributed by atoms with E-state index in [9.17, 15) is 74.6 Å². The zero-order chi connectivity index (χ0) is 103. The van der Waals surface area contributed by atoms with Crippen molar-refractivity contribution in [3.05, 3.63) is 83.8 Å². The van der Waals surface area contributed by atoms with Crippen LogP contribution in [0.5, 0.6) is 34.9 Å². The van der Waals surface area contributed by atoms with Crippen molar-refractivity contribution in [1.82, 2.24) is 44.6 Å². The van der Waals surface area contributed by atoms with Gasteiger partial charge in [-0.1, -0.05) is 81.2 Å². The number of hydrogen-bond acceptors (Lipinski definition) is 26. The van der Waals surface area contributed by atoms with Crippen LogP contribution in [-0.4, -0.2) is 212 Å². The molecule has 3 saturated heterocycles. The zero-order valence-electron chi connectivity index (χ0n) is 81.1. The van der Waals surface area contributed by atoms with Crippen molar-refractivity contribution < 1.29 is 153 Å². The Kier molecular flexibility index (Phi) is 30.1. The summed E-state index contributed by atoms with van der Waals surface area (Å²) in [6.07, 6.45) is 4.20. The van der Waals surface area contributed by atoms with E-state index in [1.165, 1.54) is 66.5 Å². The molecule has 778 valence electrons. The number of methoxy groups -OCH3 is 2. The molecule has 42 heteroatoms. The van der Waals surface area contributed by atoms with E-state index in [0.717, 1.165) is 54.9 Å². The number of allylic oxidation sites excluding steroid dienone is 2. The number of carbonyl (C=O) groups is 9. The standard InChI is InChI=1S/C34H41F4N3O7.C34H39F4N3O7.C33H39F4N3O7/c2*1-33(2,3)22-15-27(42)48-26-12-17-11-21(17)20(26)7-5-6-10-34(37,38)28-29(40-24-13-18(47-32(35)36)8-9-23(24)39-28)46-19-14-25(31(44)45-4)41(16-19)30(22)43;1-32(2,3)21-14-26(41)47-25-11-16-10-20(16)19(25)6-4-5-9-33(36,37)27-28(45-18-13-24(30(43)44)40(15-18)29(21)42)39-23-12-17(46-31(34)35)7-8-22(23)38-27/h8-9,13,17,19-22,25-26,32H,5-7,10-12,14-16H2,1-4H3;6,8-10,13,17,19-22,25-26,32H,5,7,11-12,14-16H2,1-4H3;7-8,12,16,18-21,24-25,31H,4-6,9-11,13-15H2,1-3H3,(H,43,44)/b;10-6+;/t2*17-,19+,20+,21-,22+,25-,26+;16-,18+,19+,20-,21+,24-,25+/m000/s1. The monoisotopic (exact) mass is 2020 g/mol. The molecule has 6 aliphatic heterocycles. The van der Waals surface area contributed by atoms with Crippen molar-refractivity contribution in [2.24, 2.45) is 87.3 Å². The van der Waals surface area contributed by atoms with Gasteiger partial charge < -0.3 is 71.9 Å². The van der Waals surface area contributed by atoms with Crippen molar-refractivity contribution >= 4 is 86.6 Å². The number of benzene rings is 3. The summed E-state index contributed by atoms with van der Waals surface area (Å²) in [7, 11) is 2.34. The van der Waals surface area contributed by atoms with E-state index in [2.05, 4.69) is 44.1 Å². The maximum absolute atomic E-state index is 16.0. The molecule has 12 aliphatic rings. The van der Waals surface area contributed by atoms with Crippen molar-refractivity contribution in [1.29, 1.82) is 0 Å². The van der Waals surface area contributed by atoms with Gasteiger partial charge in [0.1, 0.15) is 72.0 Å².